The van der Waals surface area contributed by atoms with Crippen molar-refractivity contribution < 1.29 is 17.9 Å². The minimum absolute atomic E-state index is 0.245. The summed E-state index contributed by atoms with van der Waals surface area (Å²) in [5.41, 5.74) is 2.69. The van der Waals surface area contributed by atoms with E-state index in [9.17, 15) is 8.42 Å². The zero-order chi connectivity index (χ0) is 22.6. The normalized spacial score (nSPS) is 11.2. The molecule has 0 unspecified atom stereocenters. The highest BCUT2D eigenvalue weighted by Gasteiger charge is 2.10. The lowest BCUT2D eigenvalue weighted by atomic mass is 10.2. The number of aromatic nitrogens is 2. The molecule has 1 aromatic heterocycles. The van der Waals surface area contributed by atoms with Crippen LogP contribution < -0.4 is 9.47 Å². The van der Waals surface area contributed by atoms with Crippen LogP contribution in [0.25, 0.3) is 11.4 Å². The van der Waals surface area contributed by atoms with Crippen molar-refractivity contribution in [3.63, 3.8) is 0 Å². The average molecular weight is 447 g/mol. The molecule has 4 aromatic rings. The Hall–Kier alpha value is -3.71. The van der Waals surface area contributed by atoms with Crippen LogP contribution in [-0.2, 0) is 16.4 Å². The van der Waals surface area contributed by atoms with Crippen molar-refractivity contribution in [3.8, 4) is 28.8 Å². The van der Waals surface area contributed by atoms with Gasteiger partial charge >= 0.3 is 0 Å². The number of nitrogens with zero attached hydrogens (tertiary/aromatic N) is 2. The third-order valence-corrected chi connectivity index (χ3v) is 5.85. The molecule has 0 amide bonds. The highest BCUT2D eigenvalue weighted by Crippen LogP contribution is 2.28. The molecule has 0 saturated heterocycles. The Morgan fingerprint density at radius 1 is 0.875 bits per heavy atom. The van der Waals surface area contributed by atoms with Gasteiger partial charge in [-0.3, -0.25) is 0 Å². The standard InChI is InChI=1S/C25H22N2O4S/c1-18-16-26-24(27-25(18)30-17-19-7-4-3-5-8-19)20-9-6-10-22(15-20)31-21-11-13-23(14-12-21)32(2,28)29/h3-16H,17H2,1-2H3. The molecule has 1 heterocycles. The van der Waals surface area contributed by atoms with E-state index in [1.54, 1.807) is 18.3 Å². The fourth-order valence-electron chi connectivity index (χ4n) is 3.03. The van der Waals surface area contributed by atoms with Crippen molar-refractivity contribution in [2.24, 2.45) is 0 Å². The minimum Gasteiger partial charge on any atom is -0.473 e. The molecule has 0 N–H and O–H groups in total. The topological polar surface area (TPSA) is 78.4 Å². The molecule has 0 aliphatic heterocycles. The van der Waals surface area contributed by atoms with E-state index in [1.165, 1.54) is 18.4 Å². The van der Waals surface area contributed by atoms with Gasteiger partial charge in [0, 0.05) is 23.6 Å². The summed E-state index contributed by atoms with van der Waals surface area (Å²) in [6, 6.07) is 23.6. The van der Waals surface area contributed by atoms with E-state index in [1.807, 2.05) is 61.5 Å². The second-order valence-corrected chi connectivity index (χ2v) is 9.35. The number of aryl methyl sites for hydroxylation is 1. The van der Waals surface area contributed by atoms with Gasteiger partial charge in [-0.25, -0.2) is 13.4 Å². The van der Waals surface area contributed by atoms with Crippen molar-refractivity contribution >= 4 is 9.84 Å². The zero-order valence-electron chi connectivity index (χ0n) is 17.7. The number of ether oxygens (including phenoxy) is 2. The van der Waals surface area contributed by atoms with Crippen molar-refractivity contribution in [3.05, 3.63) is 96.2 Å². The van der Waals surface area contributed by atoms with Crippen LogP contribution in [0.5, 0.6) is 17.4 Å². The molecule has 0 atom stereocenters. The molecular formula is C25H22N2O4S. The Kier molecular flexibility index (Phi) is 6.18. The molecule has 32 heavy (non-hydrogen) atoms. The Labute approximate surface area is 187 Å². The molecule has 0 bridgehead atoms. The van der Waals surface area contributed by atoms with Crippen molar-refractivity contribution in [1.82, 2.24) is 9.97 Å². The minimum atomic E-state index is -3.25. The summed E-state index contributed by atoms with van der Waals surface area (Å²) in [6.45, 7) is 2.33. The lowest BCUT2D eigenvalue weighted by molar-refractivity contribution is 0.291. The van der Waals surface area contributed by atoms with E-state index in [2.05, 4.69) is 9.97 Å². The van der Waals surface area contributed by atoms with Crippen LogP contribution in [0.2, 0.25) is 0 Å². The van der Waals surface area contributed by atoms with E-state index in [0.717, 1.165) is 16.7 Å². The van der Waals surface area contributed by atoms with Gasteiger partial charge in [-0.1, -0.05) is 42.5 Å². The third kappa shape index (κ3) is 5.31. The molecule has 0 fully saturated rings. The molecule has 162 valence electrons. The average Bonchev–Trinajstić information content (AvgIpc) is 2.79. The first-order valence-corrected chi connectivity index (χ1v) is 11.9. The summed E-state index contributed by atoms with van der Waals surface area (Å²) < 4.78 is 35.0. The maximum Gasteiger partial charge on any atom is 0.220 e. The van der Waals surface area contributed by atoms with Crippen LogP contribution >= 0.6 is 0 Å². The monoisotopic (exact) mass is 446 g/mol. The number of benzene rings is 3. The maximum absolute atomic E-state index is 11.6. The summed E-state index contributed by atoms with van der Waals surface area (Å²) in [4.78, 5) is 9.27. The maximum atomic E-state index is 11.6. The number of rotatable bonds is 7. The van der Waals surface area contributed by atoms with Gasteiger partial charge in [0.1, 0.15) is 18.1 Å². The lowest BCUT2D eigenvalue weighted by Crippen LogP contribution is -2.01. The second kappa shape index (κ2) is 9.20. The quantitative estimate of drug-likeness (QED) is 0.387. The van der Waals surface area contributed by atoms with Crippen molar-refractivity contribution in [2.75, 3.05) is 6.26 Å². The predicted molar refractivity (Wildman–Crippen MR) is 123 cm³/mol. The Morgan fingerprint density at radius 3 is 2.34 bits per heavy atom. The Balaban J connectivity index is 1.52. The first-order chi connectivity index (χ1) is 15.4. The van der Waals surface area contributed by atoms with Gasteiger partial charge in [-0.2, -0.15) is 4.98 Å². The molecule has 3 aromatic carbocycles. The van der Waals surface area contributed by atoms with E-state index in [4.69, 9.17) is 9.47 Å². The smallest absolute Gasteiger partial charge is 0.220 e. The molecule has 0 spiro atoms. The van der Waals surface area contributed by atoms with Gasteiger partial charge in [0.2, 0.25) is 5.88 Å². The number of hydrogen-bond donors (Lipinski definition) is 0. The van der Waals surface area contributed by atoms with Gasteiger partial charge in [0.05, 0.1) is 4.90 Å². The summed E-state index contributed by atoms with van der Waals surface area (Å²) in [5, 5.41) is 0. The molecule has 0 radical (unpaired) electrons. The lowest BCUT2D eigenvalue weighted by Gasteiger charge is -2.11. The summed E-state index contributed by atoms with van der Waals surface area (Å²) >= 11 is 0. The molecule has 0 aliphatic rings. The van der Waals surface area contributed by atoms with Crippen LogP contribution in [0.4, 0.5) is 0 Å². The SMILES string of the molecule is Cc1cnc(-c2cccc(Oc3ccc(S(C)(=O)=O)cc3)c2)nc1OCc1ccccc1. The van der Waals surface area contributed by atoms with Crippen LogP contribution in [0.15, 0.2) is 90.0 Å². The van der Waals surface area contributed by atoms with Crippen molar-refractivity contribution in [1.29, 1.82) is 0 Å². The van der Waals surface area contributed by atoms with E-state index in [-0.39, 0.29) is 4.90 Å². The van der Waals surface area contributed by atoms with Crippen LogP contribution in [0, 0.1) is 6.92 Å². The summed E-state index contributed by atoms with van der Waals surface area (Å²) in [6.07, 6.45) is 2.91. The van der Waals surface area contributed by atoms with Crippen molar-refractivity contribution in [2.45, 2.75) is 18.4 Å². The molecule has 0 saturated carbocycles. The van der Waals surface area contributed by atoms with Crippen LogP contribution in [0.1, 0.15) is 11.1 Å². The highest BCUT2D eigenvalue weighted by atomic mass is 32.2. The molecular weight excluding hydrogens is 424 g/mol. The largest absolute Gasteiger partial charge is 0.473 e. The van der Waals surface area contributed by atoms with Gasteiger partial charge in [-0.15, -0.1) is 0 Å². The van der Waals surface area contributed by atoms with Gasteiger partial charge in [0.15, 0.2) is 15.7 Å². The van der Waals surface area contributed by atoms with Crippen LogP contribution in [0.3, 0.4) is 0 Å². The summed E-state index contributed by atoms with van der Waals surface area (Å²) in [7, 11) is -3.25. The number of hydrogen-bond acceptors (Lipinski definition) is 6. The fourth-order valence-corrected chi connectivity index (χ4v) is 3.66. The van der Waals surface area contributed by atoms with E-state index in [0.29, 0.717) is 29.8 Å². The van der Waals surface area contributed by atoms with Crippen LogP contribution in [-0.4, -0.2) is 24.6 Å². The summed E-state index contributed by atoms with van der Waals surface area (Å²) in [5.74, 6) is 2.18. The molecule has 0 aliphatic carbocycles. The molecule has 6 nitrogen and oxygen atoms in total. The van der Waals surface area contributed by atoms with Gasteiger partial charge in [-0.05, 0) is 48.9 Å². The highest BCUT2D eigenvalue weighted by molar-refractivity contribution is 7.90. The first kappa shape index (κ1) is 21.5. The second-order valence-electron chi connectivity index (χ2n) is 7.33. The predicted octanol–water partition coefficient (Wildman–Crippen LogP) is 5.23. The first-order valence-electron chi connectivity index (χ1n) is 9.97. The van der Waals surface area contributed by atoms with E-state index < -0.39 is 9.84 Å². The molecule has 7 heteroatoms. The van der Waals surface area contributed by atoms with E-state index >= 15 is 0 Å². The Bertz CT molecular complexity index is 1320. The number of sulfone groups is 1. The van der Waals surface area contributed by atoms with Gasteiger partial charge in [0.25, 0.3) is 0 Å². The molecule has 4 rings (SSSR count). The van der Waals surface area contributed by atoms with Gasteiger partial charge < -0.3 is 9.47 Å². The third-order valence-electron chi connectivity index (χ3n) is 4.72. The Morgan fingerprint density at radius 2 is 1.62 bits per heavy atom. The zero-order valence-corrected chi connectivity index (χ0v) is 18.5. The fraction of sp³-hybridized carbons (Fsp3) is 0.120.